The maximum atomic E-state index is 3.42. The maximum absolute atomic E-state index is 3.42. The molecule has 19 heavy (non-hydrogen) atoms. The molecule has 0 amide bonds. The molecule has 2 rings (SSSR count). The minimum Gasteiger partial charge on any atom is -0.0656 e. The second kappa shape index (κ2) is 5.77. The van der Waals surface area contributed by atoms with Crippen molar-refractivity contribution in [2.75, 3.05) is 0 Å². The summed E-state index contributed by atoms with van der Waals surface area (Å²) >= 11 is 3.42. The smallest absolute Gasteiger partial charge is 0.0656 e. The first kappa shape index (κ1) is 14.1. The molecule has 2 aromatic rings. The zero-order valence-corrected chi connectivity index (χ0v) is 14.1. The van der Waals surface area contributed by atoms with E-state index in [1.807, 2.05) is 24.3 Å². The molecule has 0 aliphatic rings. The summed E-state index contributed by atoms with van der Waals surface area (Å²) < 4.78 is 1.08. The average Bonchev–Trinajstić information content (AvgIpc) is 2.37. The molecule has 0 bridgehead atoms. The average molecular weight is 329 g/mol. The Hall–Kier alpha value is -1.30. The molecular weight excluding hydrogens is 312 g/mol. The summed E-state index contributed by atoms with van der Waals surface area (Å²) in [4.78, 5) is 0. The lowest BCUT2D eigenvalue weighted by Gasteiger charge is -2.15. The fraction of sp³-hybridized carbons (Fsp3) is 0.176. The molecule has 0 aliphatic carbocycles. The summed E-state index contributed by atoms with van der Waals surface area (Å²) in [5.41, 5.74) is 2.11. The van der Waals surface area contributed by atoms with Gasteiger partial charge in [0.2, 0.25) is 0 Å². The van der Waals surface area contributed by atoms with Crippen LogP contribution in [-0.4, -0.2) is 8.07 Å². The van der Waals surface area contributed by atoms with Crippen LogP contribution in [0, 0.1) is 11.8 Å². The molecule has 0 aromatic heterocycles. The van der Waals surface area contributed by atoms with Crippen LogP contribution in [0.5, 0.6) is 0 Å². The van der Waals surface area contributed by atoms with Crippen LogP contribution in [0.4, 0.5) is 0 Å². The Morgan fingerprint density at radius 3 is 1.58 bits per heavy atom. The van der Waals surface area contributed by atoms with E-state index in [9.17, 15) is 0 Å². The highest BCUT2D eigenvalue weighted by Crippen LogP contribution is 2.10. The lowest BCUT2D eigenvalue weighted by atomic mass is 10.2. The van der Waals surface area contributed by atoms with Crippen LogP contribution >= 0.6 is 15.9 Å². The Bertz CT molecular complexity index is 608. The largest absolute Gasteiger partial charge is 0.0775 e. The summed E-state index contributed by atoms with van der Waals surface area (Å²) in [5.74, 6) is 6.40. The Balaban J connectivity index is 2.19. The van der Waals surface area contributed by atoms with Crippen molar-refractivity contribution in [2.45, 2.75) is 19.6 Å². The number of hydrogen-bond donors (Lipinski definition) is 0. The van der Waals surface area contributed by atoms with E-state index in [0.717, 1.165) is 15.6 Å². The highest BCUT2D eigenvalue weighted by molar-refractivity contribution is 9.10. The predicted molar refractivity (Wildman–Crippen MR) is 89.5 cm³/mol. The zero-order chi connectivity index (χ0) is 13.9. The van der Waals surface area contributed by atoms with Crippen molar-refractivity contribution < 1.29 is 0 Å². The van der Waals surface area contributed by atoms with Crippen molar-refractivity contribution in [2.24, 2.45) is 0 Å². The molecule has 0 fully saturated rings. The van der Waals surface area contributed by atoms with Gasteiger partial charge in [0, 0.05) is 15.6 Å². The van der Waals surface area contributed by atoms with Crippen molar-refractivity contribution in [3.8, 4) is 11.8 Å². The van der Waals surface area contributed by atoms with Gasteiger partial charge in [0.05, 0.1) is 8.07 Å². The van der Waals surface area contributed by atoms with Crippen molar-refractivity contribution in [1.82, 2.24) is 0 Å². The van der Waals surface area contributed by atoms with Crippen molar-refractivity contribution >= 4 is 29.2 Å². The SMILES string of the molecule is C[Si](C)(C)c1ccc(C#Cc2ccc(Br)cc2)cc1. The van der Waals surface area contributed by atoms with E-state index in [0.29, 0.717) is 0 Å². The van der Waals surface area contributed by atoms with Gasteiger partial charge in [-0.15, -0.1) is 0 Å². The minimum absolute atomic E-state index is 1.04. The Labute approximate surface area is 125 Å². The van der Waals surface area contributed by atoms with Gasteiger partial charge in [-0.05, 0) is 36.4 Å². The van der Waals surface area contributed by atoms with Crippen molar-refractivity contribution in [3.63, 3.8) is 0 Å². The van der Waals surface area contributed by atoms with Gasteiger partial charge >= 0.3 is 0 Å². The van der Waals surface area contributed by atoms with Crippen LogP contribution in [0.2, 0.25) is 19.6 Å². The van der Waals surface area contributed by atoms with Gasteiger partial charge in [-0.3, -0.25) is 0 Å². The molecule has 96 valence electrons. The fourth-order valence-corrected chi connectivity index (χ4v) is 3.16. The van der Waals surface area contributed by atoms with E-state index in [1.54, 1.807) is 0 Å². The quantitative estimate of drug-likeness (QED) is 0.537. The summed E-state index contributed by atoms with van der Waals surface area (Å²) in [7, 11) is -1.20. The Morgan fingerprint density at radius 2 is 1.16 bits per heavy atom. The topological polar surface area (TPSA) is 0 Å². The third-order valence-corrected chi connectivity index (χ3v) is 5.54. The second-order valence-electron chi connectivity index (χ2n) is 5.58. The molecule has 0 heterocycles. The van der Waals surface area contributed by atoms with Gasteiger partial charge in [0.15, 0.2) is 0 Å². The van der Waals surface area contributed by atoms with Crippen LogP contribution in [0.3, 0.4) is 0 Å². The van der Waals surface area contributed by atoms with Crippen molar-refractivity contribution in [1.29, 1.82) is 0 Å². The van der Waals surface area contributed by atoms with E-state index in [4.69, 9.17) is 0 Å². The van der Waals surface area contributed by atoms with Gasteiger partial charge in [0.25, 0.3) is 0 Å². The monoisotopic (exact) mass is 328 g/mol. The summed E-state index contributed by atoms with van der Waals surface area (Å²) in [6.45, 7) is 7.07. The maximum Gasteiger partial charge on any atom is 0.0775 e. The minimum atomic E-state index is -1.20. The van der Waals surface area contributed by atoms with E-state index < -0.39 is 8.07 Å². The second-order valence-corrected chi connectivity index (χ2v) is 11.6. The first-order valence-electron chi connectivity index (χ1n) is 6.33. The zero-order valence-electron chi connectivity index (χ0n) is 11.5. The highest BCUT2D eigenvalue weighted by atomic mass is 79.9. The van der Waals surface area contributed by atoms with E-state index in [2.05, 4.69) is 71.7 Å². The molecule has 0 nitrogen and oxygen atoms in total. The molecule has 0 atom stereocenters. The van der Waals surface area contributed by atoms with Crippen LogP contribution in [-0.2, 0) is 0 Å². The van der Waals surface area contributed by atoms with Gasteiger partial charge in [0.1, 0.15) is 0 Å². The van der Waals surface area contributed by atoms with Crippen molar-refractivity contribution in [3.05, 3.63) is 64.1 Å². The van der Waals surface area contributed by atoms with Gasteiger partial charge in [-0.1, -0.05) is 64.7 Å². The molecule has 0 saturated carbocycles. The summed E-state index contributed by atoms with van der Waals surface area (Å²) in [6.07, 6.45) is 0. The van der Waals surface area contributed by atoms with E-state index in [1.165, 1.54) is 5.19 Å². The van der Waals surface area contributed by atoms with Crippen LogP contribution in [0.25, 0.3) is 0 Å². The van der Waals surface area contributed by atoms with Crippen LogP contribution in [0.1, 0.15) is 11.1 Å². The van der Waals surface area contributed by atoms with Gasteiger partial charge in [-0.25, -0.2) is 0 Å². The fourth-order valence-electron chi connectivity index (χ4n) is 1.73. The van der Waals surface area contributed by atoms with Gasteiger partial charge < -0.3 is 0 Å². The molecule has 0 N–H and O–H groups in total. The third-order valence-electron chi connectivity index (χ3n) is 2.95. The van der Waals surface area contributed by atoms with Crippen LogP contribution in [0.15, 0.2) is 53.0 Å². The lowest BCUT2D eigenvalue weighted by molar-refractivity contribution is 1.59. The highest BCUT2D eigenvalue weighted by Gasteiger charge is 2.15. The summed E-state index contributed by atoms with van der Waals surface area (Å²) in [6, 6.07) is 16.8. The molecule has 0 spiro atoms. The molecule has 0 radical (unpaired) electrons. The number of benzene rings is 2. The van der Waals surface area contributed by atoms with E-state index >= 15 is 0 Å². The molecule has 0 saturated heterocycles. The lowest BCUT2D eigenvalue weighted by Crippen LogP contribution is -2.37. The Kier molecular flexibility index (Phi) is 4.29. The standard InChI is InChI=1S/C17H17BrSi/c1-19(2,3)17-12-8-15(9-13-17)5-4-14-6-10-16(18)11-7-14/h6-13H,1-3H3. The van der Waals surface area contributed by atoms with Crippen LogP contribution < -0.4 is 5.19 Å². The number of hydrogen-bond acceptors (Lipinski definition) is 0. The van der Waals surface area contributed by atoms with E-state index in [-0.39, 0.29) is 0 Å². The first-order valence-corrected chi connectivity index (χ1v) is 10.6. The Morgan fingerprint density at radius 1 is 0.737 bits per heavy atom. The summed E-state index contributed by atoms with van der Waals surface area (Å²) in [5, 5.41) is 1.47. The molecule has 0 aliphatic heterocycles. The number of halogens is 1. The molecule has 2 aromatic carbocycles. The first-order chi connectivity index (χ1) is 8.95. The molecule has 0 unspecified atom stereocenters. The third kappa shape index (κ3) is 4.09. The number of rotatable bonds is 1. The van der Waals surface area contributed by atoms with Gasteiger partial charge in [-0.2, -0.15) is 0 Å². The predicted octanol–water partition coefficient (Wildman–Crippen LogP) is 4.39. The molecule has 2 heteroatoms. The normalized spacial score (nSPS) is 10.7. The molecular formula is C17H17BrSi.